The molecule has 0 radical (unpaired) electrons. The van der Waals surface area contributed by atoms with Gasteiger partial charge in [0, 0.05) is 16.1 Å². The average Bonchev–Trinajstić information content (AvgIpc) is 2.59. The molecule has 0 unspecified atom stereocenters. The van der Waals surface area contributed by atoms with Crippen LogP contribution in [0, 0.1) is 10.1 Å². The maximum Gasteiger partial charge on any atom is 0.345 e. The molecule has 1 N–H and O–H groups in total. The molecule has 0 aliphatic heterocycles. The van der Waals surface area contributed by atoms with Crippen molar-refractivity contribution in [3.05, 3.63) is 73.8 Å². The molecule has 2 aromatic rings. The minimum Gasteiger partial charge on any atom is -0.452 e. The number of carbonyl (C=O) groups is 2. The summed E-state index contributed by atoms with van der Waals surface area (Å²) < 4.78 is 4.86. The fourth-order valence-electron chi connectivity index (χ4n) is 2.23. The van der Waals surface area contributed by atoms with Crippen LogP contribution in [-0.2, 0) is 9.53 Å². The lowest BCUT2D eigenvalue weighted by atomic mass is 10.1. The van der Waals surface area contributed by atoms with E-state index in [-0.39, 0.29) is 10.6 Å². The topological polar surface area (TPSA) is 98.5 Å². The highest BCUT2D eigenvalue weighted by Crippen LogP contribution is 2.24. The monoisotopic (exact) mass is 396 g/mol. The van der Waals surface area contributed by atoms with Crippen molar-refractivity contribution in [3.8, 4) is 0 Å². The predicted molar refractivity (Wildman–Crippen MR) is 96.4 cm³/mol. The normalized spacial score (nSPS) is 11.5. The Bertz CT molecular complexity index is 857. The molecule has 0 fully saturated rings. The number of nitro groups is 1. The molecule has 0 aliphatic rings. The van der Waals surface area contributed by atoms with E-state index in [0.717, 1.165) is 12.1 Å². The van der Waals surface area contributed by atoms with Crippen molar-refractivity contribution < 1.29 is 19.2 Å². The molecular weight excluding hydrogens is 383 g/mol. The molecule has 136 valence electrons. The van der Waals surface area contributed by atoms with Gasteiger partial charge in [-0.2, -0.15) is 0 Å². The van der Waals surface area contributed by atoms with E-state index >= 15 is 0 Å². The second-order valence-electron chi connectivity index (χ2n) is 5.31. The number of esters is 1. The van der Waals surface area contributed by atoms with Crippen molar-refractivity contribution in [2.75, 3.05) is 6.61 Å². The second kappa shape index (κ2) is 8.64. The van der Waals surface area contributed by atoms with Gasteiger partial charge in [0.15, 0.2) is 6.61 Å². The van der Waals surface area contributed by atoms with E-state index in [9.17, 15) is 19.7 Å². The third kappa shape index (κ3) is 4.93. The van der Waals surface area contributed by atoms with Gasteiger partial charge in [-0.1, -0.05) is 41.4 Å². The second-order valence-corrected chi connectivity index (χ2v) is 6.15. The lowest BCUT2D eigenvalue weighted by Gasteiger charge is -2.15. The van der Waals surface area contributed by atoms with Crippen molar-refractivity contribution in [1.82, 2.24) is 5.32 Å². The average molecular weight is 397 g/mol. The van der Waals surface area contributed by atoms with Crippen molar-refractivity contribution in [3.63, 3.8) is 0 Å². The lowest BCUT2D eigenvalue weighted by Crippen LogP contribution is -2.31. The molecule has 0 aliphatic carbocycles. The summed E-state index contributed by atoms with van der Waals surface area (Å²) in [6.45, 7) is 1.13. The van der Waals surface area contributed by atoms with E-state index in [1.807, 2.05) is 0 Å². The van der Waals surface area contributed by atoms with E-state index in [2.05, 4.69) is 5.32 Å². The number of nitro benzene ring substituents is 1. The molecule has 0 saturated carbocycles. The van der Waals surface area contributed by atoms with Crippen LogP contribution in [0.15, 0.2) is 42.5 Å². The molecule has 0 heterocycles. The number of ether oxygens (including phenoxy) is 1. The highest BCUT2D eigenvalue weighted by Gasteiger charge is 2.23. The molecule has 0 saturated heterocycles. The fourth-order valence-corrected chi connectivity index (χ4v) is 2.70. The van der Waals surface area contributed by atoms with Crippen LogP contribution in [0.1, 0.15) is 28.9 Å². The Kier molecular flexibility index (Phi) is 6.54. The Labute approximate surface area is 159 Å². The van der Waals surface area contributed by atoms with Crippen molar-refractivity contribution in [2.24, 2.45) is 0 Å². The predicted octanol–water partition coefficient (Wildman–Crippen LogP) is 3.94. The van der Waals surface area contributed by atoms with Crippen LogP contribution >= 0.6 is 23.2 Å². The summed E-state index contributed by atoms with van der Waals surface area (Å²) in [5.41, 5.74) is -0.0713. The SMILES string of the molecule is C[C@H](NC(=O)COC(=O)c1cc(Cl)ccc1[N+](=O)[O-])c1ccccc1Cl. The lowest BCUT2D eigenvalue weighted by molar-refractivity contribution is -0.385. The van der Waals surface area contributed by atoms with Gasteiger partial charge in [0.2, 0.25) is 0 Å². The molecule has 0 bridgehead atoms. The van der Waals surface area contributed by atoms with E-state index in [1.54, 1.807) is 31.2 Å². The smallest absolute Gasteiger partial charge is 0.345 e. The maximum atomic E-state index is 12.1. The number of rotatable bonds is 6. The number of hydrogen-bond donors (Lipinski definition) is 1. The molecule has 7 nitrogen and oxygen atoms in total. The number of hydrogen-bond acceptors (Lipinski definition) is 5. The minimum atomic E-state index is -1.01. The van der Waals surface area contributed by atoms with Crippen LogP contribution in [-0.4, -0.2) is 23.4 Å². The fraction of sp³-hybridized carbons (Fsp3) is 0.176. The van der Waals surface area contributed by atoms with E-state index in [4.69, 9.17) is 27.9 Å². The number of benzene rings is 2. The van der Waals surface area contributed by atoms with Gasteiger partial charge in [0.25, 0.3) is 11.6 Å². The summed E-state index contributed by atoms with van der Waals surface area (Å²) in [7, 11) is 0. The zero-order valence-corrected chi connectivity index (χ0v) is 15.1. The first kappa shape index (κ1) is 19.7. The number of amides is 1. The minimum absolute atomic E-state index is 0.138. The molecule has 1 atom stereocenters. The Hall–Kier alpha value is -2.64. The zero-order chi connectivity index (χ0) is 19.3. The van der Waals surface area contributed by atoms with Gasteiger partial charge in [-0.05, 0) is 30.7 Å². The molecule has 0 spiro atoms. The molecular formula is C17H14Cl2N2O5. The zero-order valence-electron chi connectivity index (χ0n) is 13.6. The molecule has 9 heteroatoms. The van der Waals surface area contributed by atoms with Crippen molar-refractivity contribution in [2.45, 2.75) is 13.0 Å². The first-order chi connectivity index (χ1) is 12.3. The van der Waals surface area contributed by atoms with Crippen LogP contribution < -0.4 is 5.32 Å². The molecule has 26 heavy (non-hydrogen) atoms. The number of nitrogens with zero attached hydrogens (tertiary/aromatic N) is 1. The Morgan fingerprint density at radius 2 is 1.92 bits per heavy atom. The van der Waals surface area contributed by atoms with Gasteiger partial charge in [-0.15, -0.1) is 0 Å². The van der Waals surface area contributed by atoms with Gasteiger partial charge in [-0.3, -0.25) is 14.9 Å². The van der Waals surface area contributed by atoms with Gasteiger partial charge >= 0.3 is 5.97 Å². The molecule has 2 aromatic carbocycles. The van der Waals surface area contributed by atoms with Gasteiger partial charge in [0.05, 0.1) is 11.0 Å². The van der Waals surface area contributed by atoms with Crippen LogP contribution in [0.5, 0.6) is 0 Å². The summed E-state index contributed by atoms with van der Waals surface area (Å²) >= 11 is 11.8. The van der Waals surface area contributed by atoms with Crippen molar-refractivity contribution in [1.29, 1.82) is 0 Å². The van der Waals surface area contributed by atoms with Gasteiger partial charge in [0.1, 0.15) is 5.56 Å². The first-order valence-electron chi connectivity index (χ1n) is 7.44. The Morgan fingerprint density at radius 3 is 2.58 bits per heavy atom. The molecule has 1 amide bonds. The Balaban J connectivity index is 1.99. The molecule has 0 aromatic heterocycles. The van der Waals surface area contributed by atoms with Gasteiger partial charge in [-0.25, -0.2) is 4.79 Å². The summed E-state index contributed by atoms with van der Waals surface area (Å²) in [5, 5.41) is 14.2. The summed E-state index contributed by atoms with van der Waals surface area (Å²) in [4.78, 5) is 34.3. The van der Waals surface area contributed by atoms with E-state index in [0.29, 0.717) is 10.6 Å². The Morgan fingerprint density at radius 1 is 1.23 bits per heavy atom. The van der Waals surface area contributed by atoms with E-state index in [1.165, 1.54) is 6.07 Å². The summed E-state index contributed by atoms with van der Waals surface area (Å²) in [6, 6.07) is 10.1. The van der Waals surface area contributed by atoms with E-state index < -0.39 is 35.1 Å². The highest BCUT2D eigenvalue weighted by molar-refractivity contribution is 6.31. The van der Waals surface area contributed by atoms with Crippen LogP contribution in [0.3, 0.4) is 0 Å². The largest absolute Gasteiger partial charge is 0.452 e. The number of halogens is 2. The summed E-state index contributed by atoms with van der Waals surface area (Å²) in [6.07, 6.45) is 0. The maximum absolute atomic E-state index is 12.1. The third-order valence-corrected chi connectivity index (χ3v) is 4.04. The number of carbonyl (C=O) groups excluding carboxylic acids is 2. The molecule has 2 rings (SSSR count). The van der Waals surface area contributed by atoms with Crippen LogP contribution in [0.4, 0.5) is 5.69 Å². The first-order valence-corrected chi connectivity index (χ1v) is 8.20. The highest BCUT2D eigenvalue weighted by atomic mass is 35.5. The standard InChI is InChI=1S/C17H14Cl2N2O5/c1-10(12-4-2-3-5-14(12)19)20-16(22)9-26-17(23)13-8-11(18)6-7-15(13)21(24)25/h2-8,10H,9H2,1H3,(H,20,22)/t10-/m0/s1. The van der Waals surface area contributed by atoms with Crippen molar-refractivity contribution >= 4 is 40.8 Å². The van der Waals surface area contributed by atoms with Crippen LogP contribution in [0.25, 0.3) is 0 Å². The van der Waals surface area contributed by atoms with Crippen LogP contribution in [0.2, 0.25) is 10.0 Å². The third-order valence-electron chi connectivity index (χ3n) is 3.46. The van der Waals surface area contributed by atoms with Gasteiger partial charge < -0.3 is 10.1 Å². The number of nitrogens with one attached hydrogen (secondary N) is 1. The summed E-state index contributed by atoms with van der Waals surface area (Å²) in [5.74, 6) is -1.59. The quantitative estimate of drug-likeness (QED) is 0.452.